The predicted octanol–water partition coefficient (Wildman–Crippen LogP) is 2.70. The maximum absolute atomic E-state index is 14.2. The van der Waals surface area contributed by atoms with Crippen LogP contribution in [0.5, 0.6) is 0 Å². The highest BCUT2D eigenvalue weighted by molar-refractivity contribution is 6.09. The van der Waals surface area contributed by atoms with E-state index in [0.29, 0.717) is 6.54 Å². The van der Waals surface area contributed by atoms with Crippen LogP contribution in [0.25, 0.3) is 0 Å². The number of amides is 4. The third kappa shape index (κ3) is 3.83. The van der Waals surface area contributed by atoms with Crippen molar-refractivity contribution in [3.8, 4) is 0 Å². The number of hydrogen-bond acceptors (Lipinski definition) is 3. The van der Waals surface area contributed by atoms with Crippen molar-refractivity contribution in [3.05, 3.63) is 70.8 Å². The Labute approximate surface area is 167 Å². The van der Waals surface area contributed by atoms with Gasteiger partial charge in [0.15, 0.2) is 0 Å². The van der Waals surface area contributed by atoms with Crippen LogP contribution in [0.3, 0.4) is 0 Å². The number of likely N-dealkylation sites (N-methyl/N-ethyl adjacent to an activating group) is 1. The fourth-order valence-corrected chi connectivity index (χ4v) is 3.29. The molecule has 4 amide bonds. The minimum atomic E-state index is -1.79. The van der Waals surface area contributed by atoms with Crippen molar-refractivity contribution in [2.45, 2.75) is 25.9 Å². The van der Waals surface area contributed by atoms with Crippen molar-refractivity contribution >= 4 is 17.8 Å². The number of carbonyl (C=O) groups is 3. The molecule has 3 rings (SSSR count). The van der Waals surface area contributed by atoms with Gasteiger partial charge in [0.1, 0.15) is 23.7 Å². The number of nitrogens with one attached hydrogen (secondary N) is 1. The molecule has 1 aliphatic rings. The van der Waals surface area contributed by atoms with E-state index in [1.165, 1.54) is 11.8 Å². The Morgan fingerprint density at radius 2 is 1.86 bits per heavy atom. The minimum absolute atomic E-state index is 0.293. The molecule has 8 heteroatoms. The molecular weight excluding hydrogens is 380 g/mol. The maximum atomic E-state index is 14.2. The van der Waals surface area contributed by atoms with Crippen LogP contribution in [-0.2, 0) is 21.7 Å². The van der Waals surface area contributed by atoms with E-state index in [2.05, 4.69) is 5.32 Å². The molecule has 0 aliphatic carbocycles. The van der Waals surface area contributed by atoms with E-state index >= 15 is 0 Å². The van der Waals surface area contributed by atoms with Gasteiger partial charge in [-0.25, -0.2) is 13.6 Å². The lowest BCUT2D eigenvalue weighted by molar-refractivity contribution is -0.138. The monoisotopic (exact) mass is 401 g/mol. The molecule has 0 aromatic heterocycles. The van der Waals surface area contributed by atoms with Gasteiger partial charge in [-0.15, -0.1) is 0 Å². The molecule has 2 aromatic carbocycles. The highest BCUT2D eigenvalue weighted by Crippen LogP contribution is 2.31. The molecule has 1 atom stereocenters. The normalized spacial score (nSPS) is 18.7. The molecular formula is C21H21F2N3O3. The van der Waals surface area contributed by atoms with Crippen molar-refractivity contribution in [2.24, 2.45) is 0 Å². The van der Waals surface area contributed by atoms with Crippen molar-refractivity contribution in [3.63, 3.8) is 0 Å². The number of imide groups is 1. The summed E-state index contributed by atoms with van der Waals surface area (Å²) in [5.74, 6) is -2.84. The molecule has 152 valence electrons. The lowest BCUT2D eigenvalue weighted by atomic mass is 9.91. The summed E-state index contributed by atoms with van der Waals surface area (Å²) in [5, 5.41) is 2.38. The average Bonchev–Trinajstić information content (AvgIpc) is 2.89. The van der Waals surface area contributed by atoms with E-state index < -0.39 is 41.6 Å². The first-order valence-corrected chi connectivity index (χ1v) is 9.01. The molecule has 1 saturated heterocycles. The Morgan fingerprint density at radius 1 is 1.17 bits per heavy atom. The third-order valence-corrected chi connectivity index (χ3v) is 5.13. The van der Waals surface area contributed by atoms with Crippen LogP contribution in [0.1, 0.15) is 23.6 Å². The number of nitrogens with zero attached hydrogens (tertiary/aromatic N) is 2. The zero-order valence-corrected chi connectivity index (χ0v) is 16.3. The van der Waals surface area contributed by atoms with Crippen LogP contribution in [0.4, 0.5) is 13.6 Å². The predicted molar refractivity (Wildman–Crippen MR) is 102 cm³/mol. The Hall–Kier alpha value is -3.29. The van der Waals surface area contributed by atoms with E-state index in [1.807, 2.05) is 31.2 Å². The van der Waals surface area contributed by atoms with Crippen LogP contribution in [0.2, 0.25) is 0 Å². The minimum Gasteiger partial charge on any atom is -0.340 e. The van der Waals surface area contributed by atoms with Gasteiger partial charge in [0.2, 0.25) is 5.91 Å². The number of hydrogen-bond donors (Lipinski definition) is 1. The summed E-state index contributed by atoms with van der Waals surface area (Å²) < 4.78 is 27.8. The second-order valence-electron chi connectivity index (χ2n) is 7.25. The number of carbonyl (C=O) groups excluding carboxylic acids is 3. The maximum Gasteiger partial charge on any atom is 0.325 e. The fraction of sp³-hybridized carbons (Fsp3) is 0.286. The van der Waals surface area contributed by atoms with Gasteiger partial charge in [0.05, 0.1) is 0 Å². The molecule has 6 nitrogen and oxygen atoms in total. The van der Waals surface area contributed by atoms with E-state index in [1.54, 1.807) is 7.05 Å². The zero-order valence-electron chi connectivity index (χ0n) is 16.3. The second-order valence-corrected chi connectivity index (χ2v) is 7.25. The molecule has 0 saturated carbocycles. The lowest BCUT2D eigenvalue weighted by Crippen LogP contribution is -2.44. The van der Waals surface area contributed by atoms with Crippen LogP contribution in [0, 0.1) is 18.6 Å². The van der Waals surface area contributed by atoms with Crippen LogP contribution >= 0.6 is 0 Å². The lowest BCUT2D eigenvalue weighted by Gasteiger charge is -2.24. The summed E-state index contributed by atoms with van der Waals surface area (Å²) in [4.78, 5) is 39.9. The second kappa shape index (κ2) is 7.62. The molecule has 1 aliphatic heterocycles. The van der Waals surface area contributed by atoms with Crippen molar-refractivity contribution in [1.29, 1.82) is 0 Å². The van der Waals surface area contributed by atoms with E-state index in [0.717, 1.165) is 34.2 Å². The van der Waals surface area contributed by atoms with Gasteiger partial charge in [0.25, 0.3) is 5.91 Å². The largest absolute Gasteiger partial charge is 0.340 e. The van der Waals surface area contributed by atoms with E-state index in [9.17, 15) is 23.2 Å². The quantitative estimate of drug-likeness (QED) is 0.784. The summed E-state index contributed by atoms with van der Waals surface area (Å²) in [7, 11) is 1.57. The molecule has 29 heavy (non-hydrogen) atoms. The third-order valence-electron chi connectivity index (χ3n) is 5.13. The van der Waals surface area contributed by atoms with E-state index in [-0.39, 0.29) is 5.56 Å². The standard InChI is InChI=1S/C21H21F2N3O3/c1-13-6-4-5-7-14(13)11-25(3)18(27)12-26-19(28)21(2,24-20(26)29)16-10-15(22)8-9-17(16)23/h4-10H,11-12H2,1-3H3,(H,24,29)/t21-/m0/s1. The first-order valence-electron chi connectivity index (χ1n) is 9.01. The molecule has 0 bridgehead atoms. The number of urea groups is 1. The molecule has 1 heterocycles. The summed E-state index contributed by atoms with van der Waals surface area (Å²) in [5.41, 5.74) is -0.138. The van der Waals surface area contributed by atoms with Crippen LogP contribution in [0.15, 0.2) is 42.5 Å². The molecule has 0 unspecified atom stereocenters. The van der Waals surface area contributed by atoms with Crippen molar-refractivity contribution in [2.75, 3.05) is 13.6 Å². The van der Waals surface area contributed by atoms with Gasteiger partial charge in [-0.3, -0.25) is 14.5 Å². The van der Waals surface area contributed by atoms with Crippen LogP contribution in [-0.4, -0.2) is 41.2 Å². The SMILES string of the molecule is Cc1ccccc1CN(C)C(=O)CN1C(=O)N[C@@](C)(c2cc(F)ccc2F)C1=O. The van der Waals surface area contributed by atoms with Gasteiger partial charge in [-0.1, -0.05) is 24.3 Å². The Kier molecular flexibility index (Phi) is 5.37. The molecule has 0 spiro atoms. The molecule has 0 radical (unpaired) electrons. The van der Waals surface area contributed by atoms with Crippen molar-refractivity contribution in [1.82, 2.24) is 15.1 Å². The summed E-state index contributed by atoms with van der Waals surface area (Å²) in [6.07, 6.45) is 0. The number of aryl methyl sites for hydroxylation is 1. The van der Waals surface area contributed by atoms with Gasteiger partial charge < -0.3 is 10.2 Å². The zero-order chi connectivity index (χ0) is 21.3. The first-order chi connectivity index (χ1) is 13.6. The molecule has 1 fully saturated rings. The van der Waals surface area contributed by atoms with Crippen molar-refractivity contribution < 1.29 is 23.2 Å². The number of rotatable bonds is 5. The highest BCUT2D eigenvalue weighted by Gasteiger charge is 2.51. The van der Waals surface area contributed by atoms with Gasteiger partial charge in [-0.05, 0) is 43.2 Å². The van der Waals surface area contributed by atoms with E-state index in [4.69, 9.17) is 0 Å². The first kappa shape index (κ1) is 20.4. The molecule has 2 aromatic rings. The Balaban J connectivity index is 1.77. The highest BCUT2D eigenvalue weighted by atomic mass is 19.1. The smallest absolute Gasteiger partial charge is 0.325 e. The Morgan fingerprint density at radius 3 is 2.55 bits per heavy atom. The average molecular weight is 401 g/mol. The molecule has 1 N–H and O–H groups in total. The summed E-state index contributed by atoms with van der Waals surface area (Å²) >= 11 is 0. The Bertz CT molecular complexity index is 995. The summed E-state index contributed by atoms with van der Waals surface area (Å²) in [6, 6.07) is 9.39. The number of halogens is 2. The van der Waals surface area contributed by atoms with Crippen LogP contribution < -0.4 is 5.32 Å². The fourth-order valence-electron chi connectivity index (χ4n) is 3.29. The summed E-state index contributed by atoms with van der Waals surface area (Å²) in [6.45, 7) is 3.02. The number of benzene rings is 2. The topological polar surface area (TPSA) is 69.7 Å². The van der Waals surface area contributed by atoms with Gasteiger partial charge in [-0.2, -0.15) is 0 Å². The van der Waals surface area contributed by atoms with Gasteiger partial charge >= 0.3 is 6.03 Å². The van der Waals surface area contributed by atoms with Gasteiger partial charge in [0, 0.05) is 19.2 Å².